The fraction of sp³-hybridized carbons (Fsp3) is 0.111. The predicted octanol–water partition coefficient (Wildman–Crippen LogP) is 2.56. The molecule has 11 heavy (non-hydrogen) atoms. The Hall–Kier alpha value is -0.790. The maximum absolute atomic E-state index is 8.97. The van der Waals surface area contributed by atoms with Gasteiger partial charge in [-0.1, -0.05) is 42.5 Å². The molecule has 1 N–H and O–H groups in total. The molecule has 58 valence electrons. The molecule has 0 aliphatic heterocycles. The fourth-order valence-corrected chi connectivity index (χ4v) is 0.970. The van der Waals surface area contributed by atoms with Gasteiger partial charge in [-0.05, 0) is 17.2 Å². The molecule has 0 saturated carbocycles. The molecule has 0 aromatic heterocycles. The van der Waals surface area contributed by atoms with Crippen LogP contribution >= 0.6 is 11.6 Å². The van der Waals surface area contributed by atoms with Crippen molar-refractivity contribution in [2.75, 3.05) is 0 Å². The molecule has 0 fully saturated rings. The van der Waals surface area contributed by atoms with Crippen molar-refractivity contribution in [3.05, 3.63) is 42.0 Å². The van der Waals surface area contributed by atoms with E-state index in [0.717, 1.165) is 5.56 Å². The summed E-state index contributed by atoms with van der Waals surface area (Å²) >= 11 is 5.45. The monoisotopic (exact) mass is 168 g/mol. The fourth-order valence-electron chi connectivity index (χ4n) is 0.834. The second-order valence-electron chi connectivity index (χ2n) is 2.21. The van der Waals surface area contributed by atoms with Crippen LogP contribution in [0.3, 0.4) is 0 Å². The Balaban J connectivity index is 3.00. The SMILES string of the molecule is C=Cc1cccc(C(O)Cl)c1. The minimum atomic E-state index is -0.921. The predicted molar refractivity (Wildman–Crippen MR) is 47.3 cm³/mol. The molecule has 0 saturated heterocycles. The molecule has 1 atom stereocenters. The topological polar surface area (TPSA) is 20.2 Å². The molecule has 0 radical (unpaired) electrons. The number of hydrogen-bond donors (Lipinski definition) is 1. The second-order valence-corrected chi connectivity index (χ2v) is 2.62. The van der Waals surface area contributed by atoms with E-state index in [4.69, 9.17) is 16.7 Å². The molecule has 2 heteroatoms. The first-order valence-electron chi connectivity index (χ1n) is 3.28. The van der Waals surface area contributed by atoms with Crippen molar-refractivity contribution in [2.24, 2.45) is 0 Å². The van der Waals surface area contributed by atoms with E-state index in [2.05, 4.69) is 6.58 Å². The van der Waals surface area contributed by atoms with Gasteiger partial charge in [-0.2, -0.15) is 0 Å². The van der Waals surface area contributed by atoms with Crippen molar-refractivity contribution < 1.29 is 5.11 Å². The Morgan fingerprint density at radius 2 is 2.27 bits per heavy atom. The largest absolute Gasteiger partial charge is 0.373 e. The highest BCUT2D eigenvalue weighted by Crippen LogP contribution is 2.17. The Labute approximate surface area is 70.9 Å². The van der Waals surface area contributed by atoms with Crippen LogP contribution in [-0.2, 0) is 0 Å². The van der Waals surface area contributed by atoms with Gasteiger partial charge in [-0.15, -0.1) is 0 Å². The molecule has 0 bridgehead atoms. The molecule has 1 aromatic rings. The van der Waals surface area contributed by atoms with Crippen LogP contribution in [0.5, 0.6) is 0 Å². The van der Waals surface area contributed by atoms with Gasteiger partial charge in [0.1, 0.15) is 0 Å². The van der Waals surface area contributed by atoms with E-state index in [1.807, 2.05) is 12.1 Å². The van der Waals surface area contributed by atoms with Crippen LogP contribution in [0.25, 0.3) is 6.08 Å². The third-order valence-electron chi connectivity index (χ3n) is 1.42. The van der Waals surface area contributed by atoms with E-state index in [0.29, 0.717) is 5.56 Å². The maximum Gasteiger partial charge on any atom is 0.153 e. The third kappa shape index (κ3) is 2.07. The summed E-state index contributed by atoms with van der Waals surface area (Å²) in [5.74, 6) is 0. The van der Waals surface area contributed by atoms with Crippen molar-refractivity contribution in [3.8, 4) is 0 Å². The van der Waals surface area contributed by atoms with Crippen molar-refractivity contribution in [3.63, 3.8) is 0 Å². The lowest BCUT2D eigenvalue weighted by Gasteiger charge is -2.02. The lowest BCUT2D eigenvalue weighted by Crippen LogP contribution is -1.87. The molecular formula is C9H9ClO. The van der Waals surface area contributed by atoms with Gasteiger partial charge >= 0.3 is 0 Å². The number of aliphatic hydroxyl groups excluding tert-OH is 1. The summed E-state index contributed by atoms with van der Waals surface area (Å²) in [4.78, 5) is 0. The smallest absolute Gasteiger partial charge is 0.153 e. The molecule has 1 aromatic carbocycles. The summed E-state index contributed by atoms with van der Waals surface area (Å²) in [5.41, 5.74) is 0.737. The van der Waals surface area contributed by atoms with E-state index in [9.17, 15) is 0 Å². The number of alkyl halides is 1. The number of rotatable bonds is 2. The van der Waals surface area contributed by atoms with Gasteiger partial charge in [-0.3, -0.25) is 0 Å². The van der Waals surface area contributed by atoms with Crippen molar-refractivity contribution >= 4 is 17.7 Å². The van der Waals surface area contributed by atoms with E-state index in [-0.39, 0.29) is 0 Å². The van der Waals surface area contributed by atoms with Gasteiger partial charge in [0, 0.05) is 0 Å². The van der Waals surface area contributed by atoms with Gasteiger partial charge in [0.2, 0.25) is 0 Å². The normalized spacial score (nSPS) is 12.5. The van der Waals surface area contributed by atoms with E-state index in [1.54, 1.807) is 18.2 Å². The lowest BCUT2D eigenvalue weighted by molar-refractivity contribution is 0.263. The molecule has 1 rings (SSSR count). The summed E-state index contributed by atoms with van der Waals surface area (Å²) < 4.78 is 0. The van der Waals surface area contributed by atoms with Crippen LogP contribution in [0.15, 0.2) is 30.8 Å². The van der Waals surface area contributed by atoms with Crippen molar-refractivity contribution in [2.45, 2.75) is 5.56 Å². The molecule has 1 nitrogen and oxygen atoms in total. The Kier molecular flexibility index (Phi) is 2.69. The van der Waals surface area contributed by atoms with Crippen LogP contribution in [0.1, 0.15) is 16.7 Å². The highest BCUT2D eigenvalue weighted by atomic mass is 35.5. The van der Waals surface area contributed by atoms with Crippen LogP contribution in [-0.4, -0.2) is 5.11 Å². The quantitative estimate of drug-likeness (QED) is 0.673. The first-order chi connectivity index (χ1) is 5.24. The Morgan fingerprint density at radius 3 is 2.82 bits per heavy atom. The first kappa shape index (κ1) is 8.31. The van der Waals surface area contributed by atoms with Gasteiger partial charge in [0.05, 0.1) is 0 Å². The average Bonchev–Trinajstić information content (AvgIpc) is 2.05. The summed E-state index contributed by atoms with van der Waals surface area (Å²) in [6.07, 6.45) is 1.71. The van der Waals surface area contributed by atoms with Crippen LogP contribution < -0.4 is 0 Å². The van der Waals surface area contributed by atoms with Crippen molar-refractivity contribution in [1.29, 1.82) is 0 Å². The summed E-state index contributed by atoms with van der Waals surface area (Å²) in [6.45, 7) is 3.61. The zero-order valence-corrected chi connectivity index (χ0v) is 6.75. The van der Waals surface area contributed by atoms with Crippen LogP contribution in [0, 0.1) is 0 Å². The number of hydrogen-bond acceptors (Lipinski definition) is 1. The number of aliphatic hydroxyl groups is 1. The molecule has 0 heterocycles. The second kappa shape index (κ2) is 3.56. The minimum absolute atomic E-state index is 0.698. The first-order valence-corrected chi connectivity index (χ1v) is 3.72. The van der Waals surface area contributed by atoms with Crippen LogP contribution in [0.4, 0.5) is 0 Å². The van der Waals surface area contributed by atoms with Crippen LogP contribution in [0.2, 0.25) is 0 Å². The summed E-state index contributed by atoms with van der Waals surface area (Å²) in [7, 11) is 0. The maximum atomic E-state index is 8.97. The van der Waals surface area contributed by atoms with E-state index >= 15 is 0 Å². The highest BCUT2D eigenvalue weighted by Gasteiger charge is 2.00. The highest BCUT2D eigenvalue weighted by molar-refractivity contribution is 6.19. The zero-order valence-electron chi connectivity index (χ0n) is 6.00. The van der Waals surface area contributed by atoms with Gasteiger partial charge in [-0.25, -0.2) is 0 Å². The van der Waals surface area contributed by atoms with E-state index in [1.165, 1.54) is 0 Å². The third-order valence-corrected chi connectivity index (χ3v) is 1.67. The Morgan fingerprint density at radius 1 is 1.55 bits per heavy atom. The zero-order chi connectivity index (χ0) is 8.27. The van der Waals surface area contributed by atoms with Gasteiger partial charge in [0.15, 0.2) is 5.56 Å². The standard InChI is InChI=1S/C9H9ClO/c1-2-7-4-3-5-8(6-7)9(10)11/h2-6,9,11H,1H2. The molecule has 0 spiro atoms. The molecule has 0 aliphatic rings. The average molecular weight is 169 g/mol. The molecule has 1 unspecified atom stereocenters. The van der Waals surface area contributed by atoms with Gasteiger partial charge in [0.25, 0.3) is 0 Å². The van der Waals surface area contributed by atoms with Crippen molar-refractivity contribution in [1.82, 2.24) is 0 Å². The van der Waals surface area contributed by atoms with E-state index < -0.39 is 5.56 Å². The lowest BCUT2D eigenvalue weighted by atomic mass is 10.1. The summed E-state index contributed by atoms with van der Waals surface area (Å²) in [6, 6.07) is 7.29. The number of benzene rings is 1. The summed E-state index contributed by atoms with van der Waals surface area (Å²) in [5, 5.41) is 8.97. The Bertz CT molecular complexity index is 255. The minimum Gasteiger partial charge on any atom is -0.373 e. The van der Waals surface area contributed by atoms with Gasteiger partial charge < -0.3 is 5.11 Å². The number of halogens is 1. The molecule has 0 aliphatic carbocycles. The molecule has 0 amide bonds. The molecular weight excluding hydrogens is 160 g/mol.